The Morgan fingerprint density at radius 3 is 2.75 bits per heavy atom. The van der Waals surface area contributed by atoms with Gasteiger partial charge in [0.15, 0.2) is 0 Å². The molecule has 0 heterocycles. The Labute approximate surface area is 146 Å². The van der Waals surface area contributed by atoms with Gasteiger partial charge in [-0.05, 0) is 90.9 Å². The summed E-state index contributed by atoms with van der Waals surface area (Å²) in [6, 6.07) is 6.76. The molecule has 3 aliphatic rings. The highest BCUT2D eigenvalue weighted by atomic mass is 16.5. The monoisotopic (exact) mass is 328 g/mol. The van der Waals surface area contributed by atoms with Gasteiger partial charge in [0, 0.05) is 0 Å². The van der Waals surface area contributed by atoms with Crippen LogP contribution < -0.4 is 4.74 Å². The van der Waals surface area contributed by atoms with Gasteiger partial charge in [-0.15, -0.1) is 0 Å². The second-order valence-corrected chi connectivity index (χ2v) is 8.45. The van der Waals surface area contributed by atoms with Gasteiger partial charge in [0.25, 0.3) is 0 Å². The van der Waals surface area contributed by atoms with Gasteiger partial charge in [0.1, 0.15) is 5.75 Å². The molecule has 6 atom stereocenters. The molecule has 1 aromatic rings. The van der Waals surface area contributed by atoms with Gasteiger partial charge in [0.2, 0.25) is 0 Å². The molecule has 0 bridgehead atoms. The van der Waals surface area contributed by atoms with Crippen molar-refractivity contribution in [3.63, 3.8) is 0 Å². The molecule has 2 nitrogen and oxygen atoms in total. The molecule has 0 aliphatic heterocycles. The largest absolute Gasteiger partial charge is 0.497 e. The van der Waals surface area contributed by atoms with Crippen LogP contribution in [0.15, 0.2) is 18.2 Å². The lowest BCUT2D eigenvalue weighted by atomic mass is 9.51. The number of hydrogen-bond acceptors (Lipinski definition) is 2. The van der Waals surface area contributed by atoms with Crippen molar-refractivity contribution in [2.45, 2.75) is 70.8 Å². The second-order valence-electron chi connectivity index (χ2n) is 8.45. The van der Waals surface area contributed by atoms with E-state index in [1.54, 1.807) is 12.7 Å². The molecule has 1 N–H and O–H groups in total. The van der Waals surface area contributed by atoms with E-state index in [9.17, 15) is 5.11 Å². The molecular formula is C22H32O2. The molecule has 1 aromatic carbocycles. The summed E-state index contributed by atoms with van der Waals surface area (Å²) >= 11 is 0. The summed E-state index contributed by atoms with van der Waals surface area (Å²) in [6.07, 6.45) is 8.24. The average Bonchev–Trinajstić information content (AvgIpc) is 2.97. The number of hydrogen-bond donors (Lipinski definition) is 1. The summed E-state index contributed by atoms with van der Waals surface area (Å²) in [5.41, 5.74) is 3.31. The van der Waals surface area contributed by atoms with Crippen molar-refractivity contribution in [1.82, 2.24) is 0 Å². The van der Waals surface area contributed by atoms with E-state index in [0.29, 0.717) is 5.92 Å². The summed E-state index contributed by atoms with van der Waals surface area (Å²) in [5.74, 6) is 3.94. The van der Waals surface area contributed by atoms with E-state index in [-0.39, 0.29) is 11.5 Å². The minimum Gasteiger partial charge on any atom is -0.497 e. The van der Waals surface area contributed by atoms with Crippen LogP contribution >= 0.6 is 0 Å². The van der Waals surface area contributed by atoms with E-state index >= 15 is 0 Å². The third kappa shape index (κ3) is 2.18. The maximum Gasteiger partial charge on any atom is 0.119 e. The number of aliphatic hydroxyl groups excluding tert-OH is 1. The molecule has 4 rings (SSSR count). The molecule has 3 aliphatic carbocycles. The molecule has 2 saturated carbocycles. The third-order valence-electron chi connectivity index (χ3n) is 7.96. The van der Waals surface area contributed by atoms with Crippen LogP contribution in [0.1, 0.15) is 69.4 Å². The first kappa shape index (κ1) is 16.4. The summed E-state index contributed by atoms with van der Waals surface area (Å²) in [5, 5.41) is 10.8. The van der Waals surface area contributed by atoms with Crippen LogP contribution in [0, 0.1) is 23.2 Å². The molecule has 2 heteroatoms. The van der Waals surface area contributed by atoms with Gasteiger partial charge in [-0.2, -0.15) is 0 Å². The lowest BCUT2D eigenvalue weighted by Gasteiger charge is -2.54. The minimum absolute atomic E-state index is 0.0665. The Morgan fingerprint density at radius 2 is 2.04 bits per heavy atom. The van der Waals surface area contributed by atoms with Gasteiger partial charge in [-0.1, -0.05) is 26.3 Å². The fraction of sp³-hybridized carbons (Fsp3) is 0.727. The van der Waals surface area contributed by atoms with E-state index in [1.165, 1.54) is 37.7 Å². The minimum atomic E-state index is -0.0665. The van der Waals surface area contributed by atoms with Crippen LogP contribution in [0.3, 0.4) is 0 Å². The van der Waals surface area contributed by atoms with Gasteiger partial charge >= 0.3 is 0 Å². The highest BCUT2D eigenvalue weighted by Gasteiger charge is 2.57. The Morgan fingerprint density at radius 1 is 1.21 bits per heavy atom. The molecule has 0 radical (unpaired) electrons. The van der Waals surface area contributed by atoms with Crippen molar-refractivity contribution in [3.05, 3.63) is 29.3 Å². The zero-order valence-corrected chi connectivity index (χ0v) is 15.4. The quantitative estimate of drug-likeness (QED) is 0.851. The SMILES string of the molecule is CC[C@@H]1Cc2cc(OC)ccc2[C@H]2CC[C@]3(CC)[C@@H](O)CC[C@H]3[C@H]12. The Bertz CT molecular complexity index is 610. The van der Waals surface area contributed by atoms with Gasteiger partial charge in [-0.3, -0.25) is 0 Å². The molecule has 0 aromatic heterocycles. The van der Waals surface area contributed by atoms with Crippen molar-refractivity contribution in [3.8, 4) is 5.75 Å². The van der Waals surface area contributed by atoms with E-state index in [2.05, 4.69) is 32.0 Å². The molecule has 132 valence electrons. The number of aliphatic hydroxyl groups is 1. The predicted octanol–water partition coefficient (Wildman–Crippen LogP) is 4.94. The first-order valence-corrected chi connectivity index (χ1v) is 9.99. The fourth-order valence-corrected chi connectivity index (χ4v) is 6.76. The normalized spacial score (nSPS) is 40.6. The first-order valence-electron chi connectivity index (χ1n) is 9.99. The fourth-order valence-electron chi connectivity index (χ4n) is 6.76. The summed E-state index contributed by atoms with van der Waals surface area (Å²) < 4.78 is 5.47. The molecule has 0 saturated heterocycles. The zero-order chi connectivity index (χ0) is 16.9. The topological polar surface area (TPSA) is 29.5 Å². The zero-order valence-electron chi connectivity index (χ0n) is 15.4. The van der Waals surface area contributed by atoms with Crippen LogP contribution in [-0.4, -0.2) is 18.3 Å². The molecule has 0 unspecified atom stereocenters. The average molecular weight is 328 g/mol. The Balaban J connectivity index is 1.75. The number of ether oxygens (including phenoxy) is 1. The maximum atomic E-state index is 10.8. The van der Waals surface area contributed by atoms with Crippen LogP contribution in [0.5, 0.6) is 5.75 Å². The van der Waals surface area contributed by atoms with Crippen molar-refractivity contribution in [2.75, 3.05) is 7.11 Å². The van der Waals surface area contributed by atoms with E-state index in [0.717, 1.165) is 36.3 Å². The number of benzene rings is 1. The lowest BCUT2D eigenvalue weighted by Crippen LogP contribution is -2.48. The van der Waals surface area contributed by atoms with Crippen LogP contribution in [0.25, 0.3) is 0 Å². The summed E-state index contributed by atoms with van der Waals surface area (Å²) in [4.78, 5) is 0. The van der Waals surface area contributed by atoms with Crippen LogP contribution in [-0.2, 0) is 6.42 Å². The lowest BCUT2D eigenvalue weighted by molar-refractivity contribution is -0.0540. The van der Waals surface area contributed by atoms with Crippen molar-refractivity contribution >= 4 is 0 Å². The van der Waals surface area contributed by atoms with E-state index in [1.807, 2.05) is 0 Å². The maximum absolute atomic E-state index is 10.8. The van der Waals surface area contributed by atoms with Gasteiger partial charge in [0.05, 0.1) is 13.2 Å². The number of rotatable bonds is 3. The first-order chi connectivity index (χ1) is 11.6. The summed E-state index contributed by atoms with van der Waals surface area (Å²) in [6.45, 7) is 4.67. The molecule has 0 spiro atoms. The van der Waals surface area contributed by atoms with E-state index in [4.69, 9.17) is 4.74 Å². The van der Waals surface area contributed by atoms with Crippen LogP contribution in [0.2, 0.25) is 0 Å². The Kier molecular flexibility index (Phi) is 4.15. The third-order valence-corrected chi connectivity index (χ3v) is 7.96. The number of fused-ring (bicyclic) bond motifs is 5. The van der Waals surface area contributed by atoms with E-state index < -0.39 is 0 Å². The Hall–Kier alpha value is -1.02. The number of methoxy groups -OCH3 is 1. The highest BCUT2D eigenvalue weighted by Crippen LogP contribution is 2.63. The van der Waals surface area contributed by atoms with Crippen molar-refractivity contribution in [2.24, 2.45) is 23.2 Å². The smallest absolute Gasteiger partial charge is 0.119 e. The van der Waals surface area contributed by atoms with Gasteiger partial charge in [-0.25, -0.2) is 0 Å². The molecular weight excluding hydrogens is 296 g/mol. The van der Waals surface area contributed by atoms with Crippen molar-refractivity contribution in [1.29, 1.82) is 0 Å². The van der Waals surface area contributed by atoms with Crippen LogP contribution in [0.4, 0.5) is 0 Å². The van der Waals surface area contributed by atoms with Gasteiger partial charge < -0.3 is 9.84 Å². The molecule has 0 amide bonds. The summed E-state index contributed by atoms with van der Waals surface area (Å²) in [7, 11) is 1.76. The second kappa shape index (κ2) is 6.05. The molecule has 24 heavy (non-hydrogen) atoms. The van der Waals surface area contributed by atoms with Crippen molar-refractivity contribution < 1.29 is 9.84 Å². The molecule has 2 fully saturated rings. The standard InChI is InChI=1S/C22H32O2/c1-4-14-12-15-13-16(24-3)6-7-17(15)18-10-11-22(5-2)19(21(14)18)8-9-20(22)23/h6-7,13-14,18-21,23H,4-5,8-12H2,1-3H3/t14-,18-,19+,20+,21-,22+/m1/s1. The predicted molar refractivity (Wildman–Crippen MR) is 97.4 cm³/mol. The highest BCUT2D eigenvalue weighted by molar-refractivity contribution is 5.41.